The minimum atomic E-state index is -0.176. The molecule has 0 bridgehead atoms. The number of anilines is 1. The first kappa shape index (κ1) is 14.5. The first-order valence-corrected chi connectivity index (χ1v) is 7.01. The maximum atomic E-state index is 12.2. The molecule has 1 aromatic carbocycles. The van der Waals surface area contributed by atoms with Crippen molar-refractivity contribution in [2.45, 2.75) is 26.2 Å². The maximum Gasteiger partial charge on any atom is 0.257 e. The lowest BCUT2D eigenvalue weighted by molar-refractivity contribution is 0.102. The van der Waals surface area contributed by atoms with Crippen LogP contribution in [0.15, 0.2) is 42.6 Å². The highest BCUT2D eigenvalue weighted by molar-refractivity contribution is 6.29. The molecule has 0 aliphatic rings. The Morgan fingerprint density at radius 3 is 2.70 bits per heavy atom. The second-order valence-electron chi connectivity index (χ2n) is 4.72. The number of para-hydroxylation sites is 1. The van der Waals surface area contributed by atoms with E-state index >= 15 is 0 Å². The number of hydrogen-bond acceptors (Lipinski definition) is 2. The zero-order valence-electron chi connectivity index (χ0n) is 11.6. The van der Waals surface area contributed by atoms with Crippen molar-refractivity contribution < 1.29 is 4.79 Å². The van der Waals surface area contributed by atoms with Crippen molar-refractivity contribution in [1.82, 2.24) is 4.98 Å². The normalized spacial score (nSPS) is 11.9. The summed E-state index contributed by atoms with van der Waals surface area (Å²) in [5, 5.41) is 3.32. The molecule has 2 aromatic rings. The minimum Gasteiger partial charge on any atom is -0.322 e. The molecule has 1 heterocycles. The van der Waals surface area contributed by atoms with Gasteiger partial charge in [0.2, 0.25) is 0 Å². The van der Waals surface area contributed by atoms with Crippen LogP contribution in [0.3, 0.4) is 0 Å². The summed E-state index contributed by atoms with van der Waals surface area (Å²) >= 11 is 5.72. The monoisotopic (exact) mass is 288 g/mol. The molecule has 0 aliphatic carbocycles. The largest absolute Gasteiger partial charge is 0.322 e. The fourth-order valence-electron chi connectivity index (χ4n) is 1.97. The van der Waals surface area contributed by atoms with E-state index in [4.69, 9.17) is 11.6 Å². The first-order valence-electron chi connectivity index (χ1n) is 6.63. The summed E-state index contributed by atoms with van der Waals surface area (Å²) in [7, 11) is 0. The lowest BCUT2D eigenvalue weighted by Crippen LogP contribution is -2.14. The highest BCUT2D eigenvalue weighted by Crippen LogP contribution is 2.26. The number of nitrogens with one attached hydrogen (secondary N) is 1. The molecule has 1 amide bonds. The zero-order valence-corrected chi connectivity index (χ0v) is 12.3. The lowest BCUT2D eigenvalue weighted by atomic mass is 9.97. The summed E-state index contributed by atoms with van der Waals surface area (Å²) < 4.78 is 0. The molecule has 20 heavy (non-hydrogen) atoms. The van der Waals surface area contributed by atoms with Crippen LogP contribution >= 0.6 is 11.6 Å². The van der Waals surface area contributed by atoms with E-state index in [-0.39, 0.29) is 5.91 Å². The van der Waals surface area contributed by atoms with E-state index in [1.807, 2.05) is 24.3 Å². The fourth-order valence-corrected chi connectivity index (χ4v) is 2.08. The van der Waals surface area contributed by atoms with Gasteiger partial charge in [-0.2, -0.15) is 0 Å². The fraction of sp³-hybridized carbons (Fsp3) is 0.250. The van der Waals surface area contributed by atoms with Crippen molar-refractivity contribution in [3.05, 3.63) is 58.9 Å². The van der Waals surface area contributed by atoms with E-state index in [1.54, 1.807) is 12.1 Å². The molecular formula is C16H17ClN2O. The van der Waals surface area contributed by atoms with Crippen molar-refractivity contribution >= 4 is 23.2 Å². The number of nitrogens with zero attached hydrogens (tertiary/aromatic N) is 1. The van der Waals surface area contributed by atoms with Gasteiger partial charge in [0, 0.05) is 11.9 Å². The van der Waals surface area contributed by atoms with Gasteiger partial charge in [-0.15, -0.1) is 0 Å². The first-order chi connectivity index (χ1) is 9.61. The minimum absolute atomic E-state index is 0.176. The molecule has 4 heteroatoms. The Kier molecular flexibility index (Phi) is 4.74. The smallest absolute Gasteiger partial charge is 0.257 e. The molecule has 0 unspecified atom stereocenters. The van der Waals surface area contributed by atoms with E-state index in [9.17, 15) is 4.79 Å². The van der Waals surface area contributed by atoms with Crippen LogP contribution in [-0.4, -0.2) is 10.9 Å². The van der Waals surface area contributed by atoms with Gasteiger partial charge in [0.15, 0.2) is 0 Å². The average Bonchev–Trinajstić information content (AvgIpc) is 2.47. The number of aromatic nitrogens is 1. The number of benzene rings is 1. The third-order valence-corrected chi connectivity index (χ3v) is 3.57. The molecule has 104 valence electrons. The summed E-state index contributed by atoms with van der Waals surface area (Å²) in [5.41, 5.74) is 2.49. The Morgan fingerprint density at radius 1 is 1.30 bits per heavy atom. The van der Waals surface area contributed by atoms with Gasteiger partial charge < -0.3 is 5.32 Å². The number of halogens is 1. The summed E-state index contributed by atoms with van der Waals surface area (Å²) in [6, 6.07) is 11.1. The van der Waals surface area contributed by atoms with Gasteiger partial charge in [0.1, 0.15) is 5.15 Å². The Balaban J connectivity index is 2.21. The number of carbonyl (C=O) groups excluding carboxylic acids is 1. The van der Waals surface area contributed by atoms with E-state index in [1.165, 1.54) is 6.20 Å². The number of carbonyl (C=O) groups is 1. The van der Waals surface area contributed by atoms with Gasteiger partial charge in [-0.1, -0.05) is 43.6 Å². The second kappa shape index (κ2) is 6.53. The summed E-state index contributed by atoms with van der Waals surface area (Å²) in [5.74, 6) is 0.222. The topological polar surface area (TPSA) is 42.0 Å². The predicted octanol–water partition coefficient (Wildman–Crippen LogP) is 4.50. The SMILES string of the molecule is CC[C@H](C)c1ccccc1NC(=O)c1ccc(Cl)nc1. The molecule has 1 atom stereocenters. The van der Waals surface area contributed by atoms with E-state index in [0.29, 0.717) is 16.6 Å². The molecule has 2 rings (SSSR count). The molecule has 3 nitrogen and oxygen atoms in total. The average molecular weight is 289 g/mol. The quantitative estimate of drug-likeness (QED) is 0.842. The van der Waals surface area contributed by atoms with Crippen LogP contribution in [0.25, 0.3) is 0 Å². The van der Waals surface area contributed by atoms with Crippen LogP contribution in [0.1, 0.15) is 42.1 Å². The molecule has 1 N–H and O–H groups in total. The Morgan fingerprint density at radius 2 is 2.05 bits per heavy atom. The third kappa shape index (κ3) is 3.36. The van der Waals surface area contributed by atoms with Crippen LogP contribution in [0.2, 0.25) is 5.15 Å². The van der Waals surface area contributed by atoms with Gasteiger partial charge >= 0.3 is 0 Å². The second-order valence-corrected chi connectivity index (χ2v) is 5.11. The number of amides is 1. The molecule has 0 spiro atoms. The van der Waals surface area contributed by atoms with Crippen molar-refractivity contribution in [1.29, 1.82) is 0 Å². The molecule has 0 aliphatic heterocycles. The highest BCUT2D eigenvalue weighted by Gasteiger charge is 2.12. The number of rotatable bonds is 4. The van der Waals surface area contributed by atoms with Crippen LogP contribution in [0, 0.1) is 0 Å². The summed E-state index contributed by atoms with van der Waals surface area (Å²) in [4.78, 5) is 16.1. The van der Waals surface area contributed by atoms with Crippen LogP contribution < -0.4 is 5.32 Å². The van der Waals surface area contributed by atoms with Gasteiger partial charge in [0.05, 0.1) is 5.56 Å². The van der Waals surface area contributed by atoms with E-state index in [0.717, 1.165) is 17.7 Å². The molecule has 0 saturated carbocycles. The standard InChI is InChI=1S/C16H17ClN2O/c1-3-11(2)13-6-4-5-7-14(13)19-16(20)12-8-9-15(17)18-10-12/h4-11H,3H2,1-2H3,(H,19,20)/t11-/m0/s1. The molecular weight excluding hydrogens is 272 g/mol. The van der Waals surface area contributed by atoms with Gasteiger partial charge in [-0.25, -0.2) is 4.98 Å². The molecule has 0 radical (unpaired) electrons. The van der Waals surface area contributed by atoms with Crippen molar-refractivity contribution in [2.24, 2.45) is 0 Å². The predicted molar refractivity (Wildman–Crippen MR) is 82.3 cm³/mol. The Bertz CT molecular complexity index is 596. The van der Waals surface area contributed by atoms with E-state index in [2.05, 4.69) is 24.1 Å². The Labute approximate surface area is 124 Å². The lowest BCUT2D eigenvalue weighted by Gasteiger charge is -2.15. The van der Waals surface area contributed by atoms with Gasteiger partial charge in [0.25, 0.3) is 5.91 Å². The van der Waals surface area contributed by atoms with Crippen LogP contribution in [0.4, 0.5) is 5.69 Å². The summed E-state index contributed by atoms with van der Waals surface area (Å²) in [6.45, 7) is 4.28. The van der Waals surface area contributed by atoms with Gasteiger partial charge in [-0.3, -0.25) is 4.79 Å². The zero-order chi connectivity index (χ0) is 14.5. The van der Waals surface area contributed by atoms with Crippen LogP contribution in [-0.2, 0) is 0 Å². The summed E-state index contributed by atoms with van der Waals surface area (Å²) in [6.07, 6.45) is 2.50. The molecule has 0 saturated heterocycles. The Hall–Kier alpha value is -1.87. The molecule has 0 fully saturated rings. The number of pyridine rings is 1. The van der Waals surface area contributed by atoms with Crippen molar-refractivity contribution in [3.8, 4) is 0 Å². The maximum absolute atomic E-state index is 12.2. The van der Waals surface area contributed by atoms with Crippen molar-refractivity contribution in [2.75, 3.05) is 5.32 Å². The highest BCUT2D eigenvalue weighted by atomic mass is 35.5. The third-order valence-electron chi connectivity index (χ3n) is 3.34. The van der Waals surface area contributed by atoms with Gasteiger partial charge in [-0.05, 0) is 36.1 Å². The molecule has 1 aromatic heterocycles. The van der Waals surface area contributed by atoms with Crippen molar-refractivity contribution in [3.63, 3.8) is 0 Å². The van der Waals surface area contributed by atoms with Crippen LogP contribution in [0.5, 0.6) is 0 Å². The van der Waals surface area contributed by atoms with E-state index < -0.39 is 0 Å². The number of hydrogen-bond donors (Lipinski definition) is 1.